The molecule has 2 heteroatoms. The highest BCUT2D eigenvalue weighted by atomic mass is 15.2. The van der Waals surface area contributed by atoms with Crippen LogP contribution in [-0.2, 0) is 0 Å². The Morgan fingerprint density at radius 1 is 1.50 bits per heavy atom. The van der Waals surface area contributed by atoms with Gasteiger partial charge in [-0.3, -0.25) is 4.90 Å². The summed E-state index contributed by atoms with van der Waals surface area (Å²) in [7, 11) is 2.05. The average molecular weight is 142 g/mol. The molecule has 0 saturated carbocycles. The lowest BCUT2D eigenvalue weighted by Gasteiger charge is -2.19. The summed E-state index contributed by atoms with van der Waals surface area (Å²) in [5, 5.41) is 3.31. The van der Waals surface area contributed by atoms with E-state index in [2.05, 4.69) is 31.1 Å². The highest BCUT2D eigenvalue weighted by Gasteiger charge is 2.21. The van der Waals surface area contributed by atoms with Crippen molar-refractivity contribution in [3.8, 4) is 0 Å². The topological polar surface area (TPSA) is 15.3 Å². The third-order valence-electron chi connectivity index (χ3n) is 2.36. The van der Waals surface area contributed by atoms with Crippen LogP contribution in [0.15, 0.2) is 0 Å². The Morgan fingerprint density at radius 2 is 2.20 bits per heavy atom. The quantitative estimate of drug-likeness (QED) is 0.610. The number of hydrogen-bond acceptors (Lipinski definition) is 2. The predicted molar refractivity (Wildman–Crippen MR) is 44.2 cm³/mol. The molecule has 0 aromatic carbocycles. The van der Waals surface area contributed by atoms with Crippen molar-refractivity contribution in [2.75, 3.05) is 20.1 Å². The van der Waals surface area contributed by atoms with Crippen LogP contribution in [0.4, 0.5) is 0 Å². The molecular weight excluding hydrogens is 124 g/mol. The van der Waals surface area contributed by atoms with Gasteiger partial charge in [-0.2, -0.15) is 0 Å². The first kappa shape index (κ1) is 8.02. The minimum Gasteiger partial charge on any atom is -0.316 e. The number of nitrogens with zero attached hydrogens (tertiary/aromatic N) is 1. The fourth-order valence-electron chi connectivity index (χ4n) is 1.49. The molecule has 0 bridgehead atoms. The van der Waals surface area contributed by atoms with Gasteiger partial charge in [0.2, 0.25) is 0 Å². The summed E-state index contributed by atoms with van der Waals surface area (Å²) in [5.74, 6) is 0. The molecule has 1 fully saturated rings. The molecule has 0 unspecified atom stereocenters. The van der Waals surface area contributed by atoms with E-state index in [0.29, 0.717) is 0 Å². The fourth-order valence-corrected chi connectivity index (χ4v) is 1.49. The van der Waals surface area contributed by atoms with E-state index in [9.17, 15) is 0 Å². The molecule has 2 nitrogen and oxygen atoms in total. The molecule has 1 aliphatic heterocycles. The molecule has 10 heavy (non-hydrogen) atoms. The van der Waals surface area contributed by atoms with Crippen molar-refractivity contribution in [3.05, 3.63) is 0 Å². The SMILES string of the molecule is CN[C@H]1CCN(C(C)C)C1. The van der Waals surface area contributed by atoms with Crippen molar-refractivity contribution >= 4 is 0 Å². The van der Waals surface area contributed by atoms with Gasteiger partial charge in [-0.15, -0.1) is 0 Å². The van der Waals surface area contributed by atoms with Crippen LogP contribution in [0.1, 0.15) is 20.3 Å². The van der Waals surface area contributed by atoms with E-state index in [-0.39, 0.29) is 0 Å². The number of rotatable bonds is 2. The number of likely N-dealkylation sites (tertiary alicyclic amines) is 1. The van der Waals surface area contributed by atoms with Gasteiger partial charge >= 0.3 is 0 Å². The van der Waals surface area contributed by atoms with Crippen LogP contribution in [0.25, 0.3) is 0 Å². The summed E-state index contributed by atoms with van der Waals surface area (Å²) >= 11 is 0. The summed E-state index contributed by atoms with van der Waals surface area (Å²) in [5.41, 5.74) is 0. The van der Waals surface area contributed by atoms with Crippen molar-refractivity contribution in [1.82, 2.24) is 10.2 Å². The summed E-state index contributed by atoms with van der Waals surface area (Å²) in [4.78, 5) is 2.52. The van der Waals surface area contributed by atoms with Crippen molar-refractivity contribution < 1.29 is 0 Å². The molecule has 1 N–H and O–H groups in total. The monoisotopic (exact) mass is 142 g/mol. The first-order valence-corrected chi connectivity index (χ1v) is 4.15. The van der Waals surface area contributed by atoms with Gasteiger partial charge in [-0.05, 0) is 33.9 Å². The molecule has 0 aliphatic carbocycles. The van der Waals surface area contributed by atoms with Crippen LogP contribution in [0.5, 0.6) is 0 Å². The van der Waals surface area contributed by atoms with Crippen molar-refractivity contribution in [1.29, 1.82) is 0 Å². The van der Waals surface area contributed by atoms with Crippen LogP contribution in [-0.4, -0.2) is 37.1 Å². The number of hydrogen-bond donors (Lipinski definition) is 1. The largest absolute Gasteiger partial charge is 0.316 e. The van der Waals surface area contributed by atoms with Crippen LogP contribution >= 0.6 is 0 Å². The summed E-state index contributed by atoms with van der Waals surface area (Å²) in [6.45, 7) is 7.02. The predicted octanol–water partition coefficient (Wildman–Crippen LogP) is 0.688. The zero-order valence-corrected chi connectivity index (χ0v) is 7.22. The Kier molecular flexibility index (Phi) is 2.69. The van der Waals surface area contributed by atoms with E-state index in [1.165, 1.54) is 19.5 Å². The first-order chi connectivity index (χ1) is 4.74. The summed E-state index contributed by atoms with van der Waals surface area (Å²) < 4.78 is 0. The highest BCUT2D eigenvalue weighted by molar-refractivity contribution is 4.81. The summed E-state index contributed by atoms with van der Waals surface area (Å²) in [6, 6.07) is 1.46. The van der Waals surface area contributed by atoms with E-state index < -0.39 is 0 Å². The standard InChI is InChI=1S/C8H18N2/c1-7(2)10-5-4-8(6-10)9-3/h7-9H,4-6H2,1-3H3/t8-/m0/s1. The summed E-state index contributed by atoms with van der Waals surface area (Å²) in [6.07, 6.45) is 1.31. The van der Waals surface area contributed by atoms with Gasteiger partial charge in [0.1, 0.15) is 0 Å². The lowest BCUT2D eigenvalue weighted by molar-refractivity contribution is 0.269. The van der Waals surface area contributed by atoms with E-state index in [1.807, 2.05) is 0 Å². The molecule has 1 atom stereocenters. The molecule has 1 heterocycles. The first-order valence-electron chi connectivity index (χ1n) is 4.15. The Bertz CT molecular complexity index is 101. The molecule has 1 rings (SSSR count). The van der Waals surface area contributed by atoms with Crippen LogP contribution in [0.2, 0.25) is 0 Å². The second kappa shape index (κ2) is 3.35. The second-order valence-corrected chi connectivity index (χ2v) is 3.36. The zero-order valence-electron chi connectivity index (χ0n) is 7.22. The van der Waals surface area contributed by atoms with Gasteiger partial charge < -0.3 is 5.32 Å². The Hall–Kier alpha value is -0.0800. The van der Waals surface area contributed by atoms with Crippen LogP contribution in [0.3, 0.4) is 0 Å². The minimum absolute atomic E-state index is 0.721. The van der Waals surface area contributed by atoms with E-state index in [1.54, 1.807) is 0 Å². The molecule has 1 saturated heterocycles. The maximum absolute atomic E-state index is 3.31. The smallest absolute Gasteiger partial charge is 0.0204 e. The maximum Gasteiger partial charge on any atom is 0.0204 e. The molecule has 0 amide bonds. The van der Waals surface area contributed by atoms with Gasteiger partial charge in [0.25, 0.3) is 0 Å². The van der Waals surface area contributed by atoms with Crippen LogP contribution in [0, 0.1) is 0 Å². The molecule has 1 aliphatic rings. The fraction of sp³-hybridized carbons (Fsp3) is 1.00. The van der Waals surface area contributed by atoms with Crippen molar-refractivity contribution in [2.24, 2.45) is 0 Å². The third-order valence-corrected chi connectivity index (χ3v) is 2.36. The zero-order chi connectivity index (χ0) is 7.56. The Balaban J connectivity index is 2.28. The Morgan fingerprint density at radius 3 is 2.50 bits per heavy atom. The van der Waals surface area contributed by atoms with Gasteiger partial charge in [0, 0.05) is 18.6 Å². The van der Waals surface area contributed by atoms with Crippen LogP contribution < -0.4 is 5.32 Å². The Labute approximate surface area is 63.6 Å². The van der Waals surface area contributed by atoms with Gasteiger partial charge in [-0.1, -0.05) is 0 Å². The normalized spacial score (nSPS) is 28.2. The third kappa shape index (κ3) is 1.70. The van der Waals surface area contributed by atoms with E-state index >= 15 is 0 Å². The molecule has 60 valence electrons. The lowest BCUT2D eigenvalue weighted by Crippen LogP contribution is -2.33. The molecule has 0 spiro atoms. The van der Waals surface area contributed by atoms with E-state index in [4.69, 9.17) is 0 Å². The van der Waals surface area contributed by atoms with Crippen molar-refractivity contribution in [2.45, 2.75) is 32.4 Å². The minimum atomic E-state index is 0.721. The van der Waals surface area contributed by atoms with Gasteiger partial charge in [-0.25, -0.2) is 0 Å². The molecule has 0 radical (unpaired) electrons. The molecule has 0 aromatic rings. The van der Waals surface area contributed by atoms with Gasteiger partial charge in [0.05, 0.1) is 0 Å². The number of nitrogens with one attached hydrogen (secondary N) is 1. The second-order valence-electron chi connectivity index (χ2n) is 3.36. The average Bonchev–Trinajstić information content (AvgIpc) is 2.34. The number of likely N-dealkylation sites (N-methyl/N-ethyl adjacent to an activating group) is 1. The lowest BCUT2D eigenvalue weighted by atomic mass is 10.3. The highest BCUT2D eigenvalue weighted by Crippen LogP contribution is 2.11. The van der Waals surface area contributed by atoms with Gasteiger partial charge in [0.15, 0.2) is 0 Å². The van der Waals surface area contributed by atoms with Crippen molar-refractivity contribution in [3.63, 3.8) is 0 Å². The molecule has 0 aromatic heterocycles. The van der Waals surface area contributed by atoms with E-state index in [0.717, 1.165) is 12.1 Å². The maximum atomic E-state index is 3.31. The molecular formula is C8H18N2.